The average Bonchev–Trinajstić information content (AvgIpc) is 2.27. The first-order valence-electron chi connectivity index (χ1n) is 6.11. The monoisotopic (exact) mass is 260 g/mol. The first kappa shape index (κ1) is 16.9. The number of hydrogen-bond acceptors (Lipinski definition) is 4. The minimum atomic E-state index is -0.436. The summed E-state index contributed by atoms with van der Waals surface area (Å²) in [7, 11) is 0. The highest BCUT2D eigenvalue weighted by molar-refractivity contribution is 5.82. The summed E-state index contributed by atoms with van der Waals surface area (Å²) in [5.41, 5.74) is -0.436. The van der Waals surface area contributed by atoms with Gasteiger partial charge in [0.1, 0.15) is 0 Å². The minimum absolute atomic E-state index is 0.0211. The molecule has 0 rings (SSSR count). The normalized spacial score (nSPS) is 11.1. The van der Waals surface area contributed by atoms with Gasteiger partial charge in [-0.05, 0) is 0 Å². The van der Waals surface area contributed by atoms with Gasteiger partial charge in [-0.15, -0.1) is 0 Å². The molecule has 6 heteroatoms. The summed E-state index contributed by atoms with van der Waals surface area (Å²) in [6.45, 7) is 6.83. The van der Waals surface area contributed by atoms with Crippen molar-refractivity contribution in [3.8, 4) is 0 Å². The van der Waals surface area contributed by atoms with E-state index in [0.717, 1.165) is 0 Å². The third-order valence-electron chi connectivity index (χ3n) is 2.12. The maximum absolute atomic E-state index is 11.5. The summed E-state index contributed by atoms with van der Waals surface area (Å²) in [6.07, 6.45) is 0.252. The Morgan fingerprint density at radius 3 is 2.33 bits per heavy atom. The van der Waals surface area contributed by atoms with Crippen LogP contribution in [0.2, 0.25) is 0 Å². The molecule has 3 N–H and O–H groups in total. The van der Waals surface area contributed by atoms with Crippen molar-refractivity contribution in [2.24, 2.45) is 5.41 Å². The number of carbonyl (C=O) groups is 2. The van der Waals surface area contributed by atoms with Gasteiger partial charge in [-0.3, -0.25) is 9.59 Å². The Kier molecular flexibility index (Phi) is 8.32. The number of aliphatic hydroxyl groups is 1. The molecule has 18 heavy (non-hydrogen) atoms. The van der Waals surface area contributed by atoms with Crippen LogP contribution in [0.5, 0.6) is 0 Å². The van der Waals surface area contributed by atoms with Crippen LogP contribution < -0.4 is 10.6 Å². The second kappa shape index (κ2) is 8.88. The van der Waals surface area contributed by atoms with Crippen LogP contribution in [0.15, 0.2) is 0 Å². The molecule has 6 nitrogen and oxygen atoms in total. The SMILES string of the molecule is CC(C)(C)C(=O)NCCC(=O)NCCOCCO. The summed E-state index contributed by atoms with van der Waals surface area (Å²) in [5.74, 6) is -0.196. The summed E-state index contributed by atoms with van der Waals surface area (Å²) in [4.78, 5) is 22.8. The van der Waals surface area contributed by atoms with E-state index in [1.165, 1.54) is 0 Å². The van der Waals surface area contributed by atoms with E-state index in [4.69, 9.17) is 9.84 Å². The molecule has 0 aromatic rings. The first-order valence-corrected chi connectivity index (χ1v) is 6.11. The number of amides is 2. The lowest BCUT2D eigenvalue weighted by Crippen LogP contribution is -2.37. The Balaban J connectivity index is 3.51. The van der Waals surface area contributed by atoms with Crippen molar-refractivity contribution < 1.29 is 19.4 Å². The fourth-order valence-electron chi connectivity index (χ4n) is 1.07. The lowest BCUT2D eigenvalue weighted by Gasteiger charge is -2.17. The third-order valence-corrected chi connectivity index (χ3v) is 2.12. The van der Waals surface area contributed by atoms with Crippen molar-refractivity contribution in [3.05, 3.63) is 0 Å². The number of carbonyl (C=O) groups excluding carboxylic acids is 2. The molecule has 0 saturated carbocycles. The van der Waals surface area contributed by atoms with E-state index in [9.17, 15) is 9.59 Å². The topological polar surface area (TPSA) is 87.7 Å². The molecular formula is C12H24N2O4. The number of aliphatic hydroxyl groups excluding tert-OH is 1. The summed E-state index contributed by atoms with van der Waals surface area (Å²) in [6, 6.07) is 0. The first-order chi connectivity index (χ1) is 8.38. The molecule has 0 saturated heterocycles. The molecule has 0 heterocycles. The minimum Gasteiger partial charge on any atom is -0.394 e. The number of hydrogen-bond donors (Lipinski definition) is 3. The molecule has 0 aliphatic rings. The molecule has 0 radical (unpaired) electrons. The van der Waals surface area contributed by atoms with Gasteiger partial charge < -0.3 is 20.5 Å². The summed E-state index contributed by atoms with van der Waals surface area (Å²) < 4.78 is 4.99. The van der Waals surface area contributed by atoms with Crippen LogP contribution in [0.4, 0.5) is 0 Å². The van der Waals surface area contributed by atoms with Gasteiger partial charge in [-0.1, -0.05) is 20.8 Å². The Morgan fingerprint density at radius 1 is 1.11 bits per heavy atom. The van der Waals surface area contributed by atoms with E-state index < -0.39 is 5.41 Å². The van der Waals surface area contributed by atoms with Gasteiger partial charge in [0.2, 0.25) is 11.8 Å². The smallest absolute Gasteiger partial charge is 0.225 e. The quantitative estimate of drug-likeness (QED) is 0.521. The average molecular weight is 260 g/mol. The third kappa shape index (κ3) is 8.95. The van der Waals surface area contributed by atoms with Crippen LogP contribution in [0.3, 0.4) is 0 Å². The number of ether oxygens (including phenoxy) is 1. The Bertz CT molecular complexity index is 261. The molecule has 0 unspecified atom stereocenters. The molecule has 0 aliphatic carbocycles. The molecule has 0 fully saturated rings. The highest BCUT2D eigenvalue weighted by Crippen LogP contribution is 2.11. The van der Waals surface area contributed by atoms with Crippen LogP contribution in [0, 0.1) is 5.41 Å². The highest BCUT2D eigenvalue weighted by Gasteiger charge is 2.20. The van der Waals surface area contributed by atoms with Crippen molar-refractivity contribution in [1.82, 2.24) is 10.6 Å². The van der Waals surface area contributed by atoms with E-state index in [2.05, 4.69) is 10.6 Å². The van der Waals surface area contributed by atoms with E-state index >= 15 is 0 Å². The van der Waals surface area contributed by atoms with Gasteiger partial charge in [0.15, 0.2) is 0 Å². The van der Waals surface area contributed by atoms with E-state index in [-0.39, 0.29) is 31.4 Å². The molecule has 0 bridgehead atoms. The molecule has 2 amide bonds. The fraction of sp³-hybridized carbons (Fsp3) is 0.833. The van der Waals surface area contributed by atoms with Crippen LogP contribution in [0.1, 0.15) is 27.2 Å². The summed E-state index contributed by atoms with van der Waals surface area (Å²) in [5, 5.41) is 13.8. The highest BCUT2D eigenvalue weighted by atomic mass is 16.5. The van der Waals surface area contributed by atoms with Crippen LogP contribution in [-0.4, -0.2) is 49.8 Å². The molecule has 0 aromatic carbocycles. The van der Waals surface area contributed by atoms with Gasteiger partial charge in [0.05, 0.1) is 19.8 Å². The van der Waals surface area contributed by atoms with Gasteiger partial charge in [-0.2, -0.15) is 0 Å². The molecule has 0 aliphatic heterocycles. The molecule has 0 atom stereocenters. The number of rotatable bonds is 8. The van der Waals surface area contributed by atoms with Gasteiger partial charge in [0, 0.05) is 24.9 Å². The zero-order valence-corrected chi connectivity index (χ0v) is 11.4. The van der Waals surface area contributed by atoms with Gasteiger partial charge in [0.25, 0.3) is 0 Å². The Morgan fingerprint density at radius 2 is 1.78 bits per heavy atom. The Labute approximate surface area is 108 Å². The molecular weight excluding hydrogens is 236 g/mol. The van der Waals surface area contributed by atoms with E-state index in [1.807, 2.05) is 20.8 Å². The van der Waals surface area contributed by atoms with Gasteiger partial charge >= 0.3 is 0 Å². The van der Waals surface area contributed by atoms with Crippen molar-refractivity contribution >= 4 is 11.8 Å². The molecule has 0 spiro atoms. The van der Waals surface area contributed by atoms with Crippen LogP contribution in [0.25, 0.3) is 0 Å². The molecule has 106 valence electrons. The van der Waals surface area contributed by atoms with Crippen molar-refractivity contribution in [3.63, 3.8) is 0 Å². The second-order valence-electron chi connectivity index (χ2n) is 4.94. The predicted octanol–water partition coefficient (Wildman–Crippen LogP) is -0.336. The van der Waals surface area contributed by atoms with E-state index in [0.29, 0.717) is 19.7 Å². The lowest BCUT2D eigenvalue weighted by molar-refractivity contribution is -0.128. The second-order valence-corrected chi connectivity index (χ2v) is 4.94. The van der Waals surface area contributed by atoms with Crippen molar-refractivity contribution in [2.45, 2.75) is 27.2 Å². The molecule has 0 aromatic heterocycles. The zero-order valence-electron chi connectivity index (χ0n) is 11.4. The largest absolute Gasteiger partial charge is 0.394 e. The summed E-state index contributed by atoms with van der Waals surface area (Å²) >= 11 is 0. The standard InChI is InChI=1S/C12H24N2O4/c1-12(2,3)11(17)14-5-4-10(16)13-6-8-18-9-7-15/h15H,4-9H2,1-3H3,(H,13,16)(H,14,17). The lowest BCUT2D eigenvalue weighted by atomic mass is 9.96. The van der Waals surface area contributed by atoms with Crippen molar-refractivity contribution in [2.75, 3.05) is 32.9 Å². The Hall–Kier alpha value is -1.14. The number of nitrogens with one attached hydrogen (secondary N) is 2. The van der Waals surface area contributed by atoms with Crippen molar-refractivity contribution in [1.29, 1.82) is 0 Å². The van der Waals surface area contributed by atoms with Crippen LogP contribution in [-0.2, 0) is 14.3 Å². The maximum Gasteiger partial charge on any atom is 0.225 e. The predicted molar refractivity (Wildman–Crippen MR) is 68.0 cm³/mol. The maximum atomic E-state index is 11.5. The fourth-order valence-corrected chi connectivity index (χ4v) is 1.07. The van der Waals surface area contributed by atoms with E-state index in [1.54, 1.807) is 0 Å². The van der Waals surface area contributed by atoms with Gasteiger partial charge in [-0.25, -0.2) is 0 Å². The van der Waals surface area contributed by atoms with Crippen LogP contribution >= 0.6 is 0 Å². The zero-order chi connectivity index (χ0) is 14.0.